The van der Waals surface area contributed by atoms with Gasteiger partial charge in [0.15, 0.2) is 5.78 Å². The van der Waals surface area contributed by atoms with Gasteiger partial charge in [0, 0.05) is 17.7 Å². The molecule has 27 heavy (non-hydrogen) atoms. The van der Waals surface area contributed by atoms with Gasteiger partial charge in [-0.3, -0.25) is 14.4 Å². The fourth-order valence-electron chi connectivity index (χ4n) is 2.56. The van der Waals surface area contributed by atoms with Gasteiger partial charge in [0.2, 0.25) is 5.91 Å². The first kappa shape index (κ1) is 20.0. The van der Waals surface area contributed by atoms with E-state index >= 15 is 0 Å². The summed E-state index contributed by atoms with van der Waals surface area (Å²) in [5.74, 6) is -0.135. The number of hydrogen-bond donors (Lipinski definition) is 1. The number of nitrogens with zero attached hydrogens (tertiary/aromatic N) is 3. The van der Waals surface area contributed by atoms with Crippen LogP contribution in [-0.2, 0) is 11.3 Å². The van der Waals surface area contributed by atoms with E-state index in [2.05, 4.69) is 10.4 Å². The van der Waals surface area contributed by atoms with Gasteiger partial charge in [0.05, 0.1) is 5.69 Å². The Balaban J connectivity index is 2.16. The van der Waals surface area contributed by atoms with Crippen molar-refractivity contribution in [2.75, 3.05) is 5.32 Å². The van der Waals surface area contributed by atoms with Gasteiger partial charge in [-0.05, 0) is 49.6 Å². The zero-order valence-electron chi connectivity index (χ0n) is 15.9. The fraction of sp³-hybridized carbons (Fsp3) is 0.350. The Hall–Kier alpha value is -3.27. The number of Topliss-reactive ketones (excluding diaryl/α,β-unsaturated/α-hetero) is 1. The third-order valence-electron chi connectivity index (χ3n) is 4.13. The van der Waals surface area contributed by atoms with E-state index in [0.29, 0.717) is 28.9 Å². The van der Waals surface area contributed by atoms with E-state index in [4.69, 9.17) is 5.26 Å². The SMILES string of the molecule is Cc1nn(CC(=O)c2ccc(NC(=O)CC(C)C)cc2)c(=O)c(C#N)c1C. The van der Waals surface area contributed by atoms with Crippen LogP contribution in [0.3, 0.4) is 0 Å². The van der Waals surface area contributed by atoms with Gasteiger partial charge in [-0.1, -0.05) is 13.8 Å². The van der Waals surface area contributed by atoms with Crippen molar-refractivity contribution in [2.45, 2.75) is 40.7 Å². The predicted octanol–water partition coefficient (Wildman–Crippen LogP) is 2.60. The standard InChI is InChI=1S/C20H22N4O3/c1-12(2)9-19(26)22-16-7-5-15(6-8-16)18(25)11-24-20(27)17(10-21)13(3)14(4)23-24/h5-8,12H,9,11H2,1-4H3,(H,22,26). The molecule has 0 atom stereocenters. The van der Waals surface area contributed by atoms with Crippen molar-refractivity contribution >= 4 is 17.4 Å². The van der Waals surface area contributed by atoms with E-state index in [1.54, 1.807) is 38.1 Å². The molecule has 0 radical (unpaired) electrons. The first-order valence-corrected chi connectivity index (χ1v) is 8.64. The topological polar surface area (TPSA) is 105 Å². The molecule has 0 unspecified atom stereocenters. The Labute approximate surface area is 157 Å². The Bertz CT molecular complexity index is 966. The molecule has 0 spiro atoms. The van der Waals surface area contributed by atoms with Crippen LogP contribution in [0.15, 0.2) is 29.1 Å². The third kappa shape index (κ3) is 4.88. The molecule has 0 saturated heterocycles. The van der Waals surface area contributed by atoms with Crippen LogP contribution in [0.25, 0.3) is 0 Å². The van der Waals surface area contributed by atoms with Crippen LogP contribution in [-0.4, -0.2) is 21.5 Å². The lowest BCUT2D eigenvalue weighted by Gasteiger charge is -2.10. The second kappa shape index (κ2) is 8.41. The van der Waals surface area contributed by atoms with Gasteiger partial charge in [0.1, 0.15) is 18.2 Å². The van der Waals surface area contributed by atoms with Crippen molar-refractivity contribution in [1.29, 1.82) is 5.26 Å². The molecule has 0 fully saturated rings. The number of ketones is 1. The van der Waals surface area contributed by atoms with Crippen molar-refractivity contribution in [3.8, 4) is 6.07 Å². The van der Waals surface area contributed by atoms with Crippen LogP contribution < -0.4 is 10.9 Å². The molecule has 0 aliphatic carbocycles. The fourth-order valence-corrected chi connectivity index (χ4v) is 2.56. The molecule has 1 N–H and O–H groups in total. The van der Waals surface area contributed by atoms with E-state index in [-0.39, 0.29) is 29.7 Å². The summed E-state index contributed by atoms with van der Waals surface area (Å²) < 4.78 is 1.02. The lowest BCUT2D eigenvalue weighted by atomic mass is 10.1. The predicted molar refractivity (Wildman–Crippen MR) is 102 cm³/mol. The number of anilines is 1. The minimum absolute atomic E-state index is 0.00138. The van der Waals surface area contributed by atoms with E-state index < -0.39 is 5.56 Å². The molecule has 1 aromatic carbocycles. The van der Waals surface area contributed by atoms with Crippen molar-refractivity contribution in [3.63, 3.8) is 0 Å². The third-order valence-corrected chi connectivity index (χ3v) is 4.13. The van der Waals surface area contributed by atoms with Gasteiger partial charge in [-0.2, -0.15) is 10.4 Å². The van der Waals surface area contributed by atoms with E-state index in [9.17, 15) is 14.4 Å². The zero-order chi connectivity index (χ0) is 20.1. The van der Waals surface area contributed by atoms with Crippen LogP contribution >= 0.6 is 0 Å². The Morgan fingerprint density at radius 1 is 1.22 bits per heavy atom. The molecule has 1 heterocycles. The molecular formula is C20H22N4O3. The molecule has 2 rings (SSSR count). The van der Waals surface area contributed by atoms with Crippen LogP contribution in [0.5, 0.6) is 0 Å². The largest absolute Gasteiger partial charge is 0.326 e. The number of hydrogen-bond acceptors (Lipinski definition) is 5. The Kier molecular flexibility index (Phi) is 6.24. The summed E-state index contributed by atoms with van der Waals surface area (Å²) in [6.45, 7) is 7.00. The summed E-state index contributed by atoms with van der Waals surface area (Å²) in [7, 11) is 0. The molecule has 140 valence electrons. The van der Waals surface area contributed by atoms with Gasteiger partial charge < -0.3 is 5.32 Å². The maximum absolute atomic E-state index is 12.5. The lowest BCUT2D eigenvalue weighted by molar-refractivity contribution is -0.116. The summed E-state index contributed by atoms with van der Waals surface area (Å²) in [6.07, 6.45) is 0.420. The molecule has 0 aliphatic rings. The maximum Gasteiger partial charge on any atom is 0.285 e. The number of benzene rings is 1. The van der Waals surface area contributed by atoms with Crippen molar-refractivity contribution in [2.24, 2.45) is 5.92 Å². The van der Waals surface area contributed by atoms with Gasteiger partial charge in [-0.25, -0.2) is 4.68 Å². The zero-order valence-corrected chi connectivity index (χ0v) is 15.9. The van der Waals surface area contributed by atoms with Crippen LogP contribution in [0.1, 0.15) is 47.4 Å². The highest BCUT2D eigenvalue weighted by Gasteiger charge is 2.15. The van der Waals surface area contributed by atoms with Gasteiger partial charge in [0.25, 0.3) is 5.56 Å². The minimum Gasteiger partial charge on any atom is -0.326 e. The Morgan fingerprint density at radius 2 is 1.85 bits per heavy atom. The summed E-state index contributed by atoms with van der Waals surface area (Å²) in [5.41, 5.74) is 1.47. The minimum atomic E-state index is -0.577. The summed E-state index contributed by atoms with van der Waals surface area (Å²) in [6, 6.07) is 8.33. The molecule has 0 bridgehead atoms. The molecule has 1 amide bonds. The number of aryl methyl sites for hydroxylation is 1. The van der Waals surface area contributed by atoms with E-state index in [1.165, 1.54) is 0 Å². The second-order valence-electron chi connectivity index (χ2n) is 6.81. The number of nitriles is 1. The molecule has 2 aromatic rings. The number of carbonyl (C=O) groups is 2. The van der Waals surface area contributed by atoms with Crippen molar-refractivity contribution in [3.05, 3.63) is 57.0 Å². The van der Waals surface area contributed by atoms with Crippen LogP contribution in [0.2, 0.25) is 0 Å². The quantitative estimate of drug-likeness (QED) is 0.791. The van der Waals surface area contributed by atoms with Crippen LogP contribution in [0, 0.1) is 31.1 Å². The van der Waals surface area contributed by atoms with E-state index in [0.717, 1.165) is 4.68 Å². The second-order valence-corrected chi connectivity index (χ2v) is 6.81. The summed E-state index contributed by atoms with van der Waals surface area (Å²) >= 11 is 0. The molecule has 7 heteroatoms. The molecule has 0 saturated carbocycles. The average Bonchev–Trinajstić information content (AvgIpc) is 2.60. The lowest BCUT2D eigenvalue weighted by Crippen LogP contribution is -2.30. The van der Waals surface area contributed by atoms with E-state index in [1.807, 2.05) is 19.9 Å². The summed E-state index contributed by atoms with van der Waals surface area (Å²) in [5, 5.41) is 16.0. The molecule has 0 aliphatic heterocycles. The van der Waals surface area contributed by atoms with Gasteiger partial charge in [-0.15, -0.1) is 0 Å². The number of aromatic nitrogens is 2. The molecule has 1 aromatic heterocycles. The average molecular weight is 366 g/mol. The highest BCUT2D eigenvalue weighted by atomic mass is 16.2. The highest BCUT2D eigenvalue weighted by molar-refractivity contribution is 5.97. The number of rotatable bonds is 6. The first-order valence-electron chi connectivity index (χ1n) is 8.64. The Morgan fingerprint density at radius 3 is 2.41 bits per heavy atom. The first-order chi connectivity index (χ1) is 12.7. The summed E-state index contributed by atoms with van der Waals surface area (Å²) in [4.78, 5) is 36.5. The van der Waals surface area contributed by atoms with Crippen molar-refractivity contribution < 1.29 is 9.59 Å². The molecular weight excluding hydrogens is 344 g/mol. The van der Waals surface area contributed by atoms with Gasteiger partial charge >= 0.3 is 0 Å². The number of nitrogens with one attached hydrogen (secondary N) is 1. The molecule has 7 nitrogen and oxygen atoms in total. The number of amides is 1. The normalized spacial score (nSPS) is 10.5. The van der Waals surface area contributed by atoms with Crippen LogP contribution in [0.4, 0.5) is 5.69 Å². The smallest absolute Gasteiger partial charge is 0.285 e. The maximum atomic E-state index is 12.5. The monoisotopic (exact) mass is 366 g/mol. The number of carbonyl (C=O) groups excluding carboxylic acids is 2. The van der Waals surface area contributed by atoms with Crippen molar-refractivity contribution in [1.82, 2.24) is 9.78 Å². The highest BCUT2D eigenvalue weighted by Crippen LogP contribution is 2.12.